The molecule has 0 saturated heterocycles. The zero-order chi connectivity index (χ0) is 19.1. The minimum atomic E-state index is 0.621. The maximum Gasteiger partial charge on any atom is 0.191 e. The summed E-state index contributed by atoms with van der Waals surface area (Å²) in [6.07, 6.45) is 2.84. The summed E-state index contributed by atoms with van der Waals surface area (Å²) in [5.41, 5.74) is 4.46. The summed E-state index contributed by atoms with van der Waals surface area (Å²) in [7, 11) is 0. The molecule has 6 nitrogen and oxygen atoms in total. The summed E-state index contributed by atoms with van der Waals surface area (Å²) in [6.45, 7) is 9.41. The van der Waals surface area contributed by atoms with Crippen LogP contribution in [0.3, 0.4) is 0 Å². The molecule has 0 aliphatic carbocycles. The number of aryl methyl sites for hydroxylation is 3. The lowest BCUT2D eigenvalue weighted by atomic mass is 10.1. The highest BCUT2D eigenvalue weighted by atomic mass is 15.3. The topological polar surface area (TPSA) is 67.1 Å². The number of para-hydroxylation sites is 1. The van der Waals surface area contributed by atoms with E-state index in [0.29, 0.717) is 6.54 Å². The Balaban J connectivity index is 1.58. The lowest BCUT2D eigenvalue weighted by Crippen LogP contribution is -2.38. The summed E-state index contributed by atoms with van der Waals surface area (Å²) in [5, 5.41) is 12.4. The monoisotopic (exact) mass is 364 g/mol. The normalized spacial score (nSPS) is 11.7. The van der Waals surface area contributed by atoms with Crippen LogP contribution in [0.2, 0.25) is 0 Å². The minimum absolute atomic E-state index is 0.621. The molecule has 0 bridgehead atoms. The number of guanidine groups is 1. The summed E-state index contributed by atoms with van der Waals surface area (Å²) in [5.74, 6) is 0.840. The van der Waals surface area contributed by atoms with E-state index in [1.807, 2.05) is 37.4 Å². The minimum Gasteiger partial charge on any atom is -0.357 e. The molecule has 27 heavy (non-hydrogen) atoms. The van der Waals surface area contributed by atoms with Gasteiger partial charge in [-0.15, -0.1) is 0 Å². The molecule has 2 heterocycles. The van der Waals surface area contributed by atoms with Gasteiger partial charge in [0.05, 0.1) is 17.8 Å². The van der Waals surface area contributed by atoms with E-state index in [1.165, 1.54) is 11.3 Å². The summed E-state index contributed by atoms with van der Waals surface area (Å²) < 4.78 is 2.06. The fraction of sp³-hybridized carbons (Fsp3) is 0.381. The molecule has 0 radical (unpaired) electrons. The second-order valence-corrected chi connectivity index (χ2v) is 6.61. The number of nitrogens with one attached hydrogen (secondary N) is 2. The van der Waals surface area contributed by atoms with Crippen molar-refractivity contribution in [3.8, 4) is 0 Å². The molecule has 3 rings (SSSR count). The van der Waals surface area contributed by atoms with Crippen LogP contribution in [0.25, 0.3) is 10.9 Å². The maximum absolute atomic E-state index is 4.74. The van der Waals surface area contributed by atoms with E-state index in [4.69, 9.17) is 4.99 Å². The van der Waals surface area contributed by atoms with Crippen LogP contribution in [0, 0.1) is 13.8 Å². The Morgan fingerprint density at radius 2 is 2.00 bits per heavy atom. The number of nitrogens with zero attached hydrogens (tertiary/aromatic N) is 4. The highest BCUT2D eigenvalue weighted by Crippen LogP contribution is 2.16. The van der Waals surface area contributed by atoms with Crippen LogP contribution in [-0.4, -0.2) is 33.8 Å². The Labute approximate surface area is 160 Å². The number of rotatable bonds is 7. The van der Waals surface area contributed by atoms with Gasteiger partial charge in [-0.25, -0.2) is 4.99 Å². The average Bonchev–Trinajstić information content (AvgIpc) is 3.00. The lowest BCUT2D eigenvalue weighted by Gasteiger charge is -2.12. The van der Waals surface area contributed by atoms with Gasteiger partial charge >= 0.3 is 0 Å². The molecule has 0 unspecified atom stereocenters. The van der Waals surface area contributed by atoms with Gasteiger partial charge in [-0.1, -0.05) is 18.2 Å². The van der Waals surface area contributed by atoms with E-state index in [1.54, 1.807) is 0 Å². The number of aliphatic imine (C=N–C) groups is 1. The van der Waals surface area contributed by atoms with E-state index in [2.05, 4.69) is 51.4 Å². The molecule has 3 aromatic rings. The third kappa shape index (κ3) is 5.06. The van der Waals surface area contributed by atoms with Gasteiger partial charge in [-0.05, 0) is 51.0 Å². The smallest absolute Gasteiger partial charge is 0.191 e. The molecule has 0 fully saturated rings. The third-order valence-electron chi connectivity index (χ3n) is 4.43. The van der Waals surface area contributed by atoms with Gasteiger partial charge in [0.15, 0.2) is 5.96 Å². The Morgan fingerprint density at radius 3 is 2.78 bits per heavy atom. The average molecular weight is 364 g/mol. The van der Waals surface area contributed by atoms with Gasteiger partial charge in [-0.3, -0.25) is 9.67 Å². The first-order valence-corrected chi connectivity index (χ1v) is 9.53. The molecule has 0 aliphatic rings. The van der Waals surface area contributed by atoms with Crippen molar-refractivity contribution in [2.45, 2.75) is 40.3 Å². The molecule has 2 N–H and O–H groups in total. The van der Waals surface area contributed by atoms with Gasteiger partial charge in [0.1, 0.15) is 0 Å². The molecule has 1 aromatic carbocycles. The molecular weight excluding hydrogens is 336 g/mol. The third-order valence-corrected chi connectivity index (χ3v) is 4.43. The maximum atomic E-state index is 4.74. The summed E-state index contributed by atoms with van der Waals surface area (Å²) >= 11 is 0. The van der Waals surface area contributed by atoms with Crippen LogP contribution < -0.4 is 10.6 Å². The first kappa shape index (κ1) is 18.9. The number of fused-ring (bicyclic) bond motifs is 1. The molecular formula is C21H28N6. The summed E-state index contributed by atoms with van der Waals surface area (Å²) in [4.78, 5) is 9.16. The predicted molar refractivity (Wildman–Crippen MR) is 111 cm³/mol. The molecule has 0 saturated carbocycles. The van der Waals surface area contributed by atoms with E-state index >= 15 is 0 Å². The van der Waals surface area contributed by atoms with Gasteiger partial charge in [-0.2, -0.15) is 5.10 Å². The van der Waals surface area contributed by atoms with Crippen LogP contribution >= 0.6 is 0 Å². The van der Waals surface area contributed by atoms with Crippen LogP contribution in [-0.2, 0) is 13.1 Å². The Hall–Kier alpha value is -2.89. The zero-order valence-corrected chi connectivity index (χ0v) is 16.4. The molecule has 142 valence electrons. The van der Waals surface area contributed by atoms with Crippen molar-refractivity contribution in [1.82, 2.24) is 25.4 Å². The van der Waals surface area contributed by atoms with Gasteiger partial charge in [0.25, 0.3) is 0 Å². The van der Waals surface area contributed by atoms with Crippen molar-refractivity contribution >= 4 is 16.9 Å². The second-order valence-electron chi connectivity index (χ2n) is 6.61. The fourth-order valence-corrected chi connectivity index (χ4v) is 3.14. The quantitative estimate of drug-likeness (QED) is 0.384. The van der Waals surface area contributed by atoms with E-state index in [-0.39, 0.29) is 0 Å². The van der Waals surface area contributed by atoms with Crippen molar-refractivity contribution in [1.29, 1.82) is 0 Å². The predicted octanol–water partition coefficient (Wildman–Crippen LogP) is 3.19. The van der Waals surface area contributed by atoms with Crippen LogP contribution in [0.4, 0.5) is 0 Å². The molecule has 0 atom stereocenters. The SMILES string of the molecule is CCNC(=NCc1ccnc2ccccc12)NCCCn1nc(C)cc1C. The lowest BCUT2D eigenvalue weighted by molar-refractivity contribution is 0.555. The number of hydrogen-bond donors (Lipinski definition) is 2. The molecule has 0 amide bonds. The Bertz CT molecular complexity index is 907. The largest absolute Gasteiger partial charge is 0.357 e. The van der Waals surface area contributed by atoms with Crippen LogP contribution in [0.1, 0.15) is 30.3 Å². The molecule has 0 spiro atoms. The van der Waals surface area contributed by atoms with Crippen LogP contribution in [0.5, 0.6) is 0 Å². The van der Waals surface area contributed by atoms with E-state index in [0.717, 1.165) is 48.6 Å². The van der Waals surface area contributed by atoms with Crippen molar-refractivity contribution in [3.63, 3.8) is 0 Å². The summed E-state index contributed by atoms with van der Waals surface area (Å²) in [6, 6.07) is 12.3. The Kier molecular flexibility index (Phi) is 6.41. The van der Waals surface area contributed by atoms with E-state index < -0.39 is 0 Å². The number of benzene rings is 1. The highest BCUT2D eigenvalue weighted by molar-refractivity contribution is 5.83. The van der Waals surface area contributed by atoms with Crippen LogP contribution in [0.15, 0.2) is 47.6 Å². The van der Waals surface area contributed by atoms with Crippen molar-refractivity contribution in [2.75, 3.05) is 13.1 Å². The Morgan fingerprint density at radius 1 is 1.15 bits per heavy atom. The second kappa shape index (κ2) is 9.16. The van der Waals surface area contributed by atoms with Gasteiger partial charge < -0.3 is 10.6 Å². The van der Waals surface area contributed by atoms with Crippen molar-refractivity contribution < 1.29 is 0 Å². The molecule has 2 aromatic heterocycles. The zero-order valence-electron chi connectivity index (χ0n) is 16.4. The van der Waals surface area contributed by atoms with Gasteiger partial charge in [0.2, 0.25) is 0 Å². The first-order valence-electron chi connectivity index (χ1n) is 9.53. The van der Waals surface area contributed by atoms with Crippen molar-refractivity contribution in [3.05, 3.63) is 59.5 Å². The molecule has 6 heteroatoms. The number of pyridine rings is 1. The standard InChI is InChI=1S/C21H28N6/c1-4-22-21(24-11-7-13-27-17(3)14-16(2)26-27)25-15-18-10-12-23-20-9-6-5-8-19(18)20/h5-6,8-10,12,14H,4,7,11,13,15H2,1-3H3,(H2,22,24,25). The van der Waals surface area contributed by atoms with Crippen molar-refractivity contribution in [2.24, 2.45) is 4.99 Å². The fourth-order valence-electron chi connectivity index (χ4n) is 3.14. The molecule has 0 aliphatic heterocycles. The van der Waals surface area contributed by atoms with E-state index in [9.17, 15) is 0 Å². The first-order chi connectivity index (χ1) is 13.2. The number of aromatic nitrogens is 3. The highest BCUT2D eigenvalue weighted by Gasteiger charge is 2.03. The number of hydrogen-bond acceptors (Lipinski definition) is 3. The van der Waals surface area contributed by atoms with Gasteiger partial charge in [0, 0.05) is 36.9 Å².